The van der Waals surface area contributed by atoms with E-state index < -0.39 is 11.9 Å². The molecule has 146 valence electrons. The molecule has 1 amide bonds. The Balaban J connectivity index is 1.54. The van der Waals surface area contributed by atoms with Gasteiger partial charge in [-0.15, -0.1) is 0 Å². The van der Waals surface area contributed by atoms with E-state index in [9.17, 15) is 14.4 Å². The summed E-state index contributed by atoms with van der Waals surface area (Å²) in [5, 5.41) is 2.49. The molecule has 1 N–H and O–H groups in total. The van der Waals surface area contributed by atoms with E-state index >= 15 is 0 Å². The highest BCUT2D eigenvalue weighted by Gasteiger charge is 2.17. The van der Waals surface area contributed by atoms with Crippen LogP contribution >= 0.6 is 0 Å². The highest BCUT2D eigenvalue weighted by molar-refractivity contribution is 5.96. The van der Waals surface area contributed by atoms with Crippen molar-refractivity contribution in [1.29, 1.82) is 0 Å². The van der Waals surface area contributed by atoms with Crippen LogP contribution in [0.5, 0.6) is 17.2 Å². The number of hydrogen-bond acceptors (Lipinski definition) is 7. The number of carbonyl (C=O) groups is 3. The Morgan fingerprint density at radius 1 is 1.04 bits per heavy atom. The lowest BCUT2D eigenvalue weighted by molar-refractivity contribution is -0.143. The second kappa shape index (κ2) is 8.43. The lowest BCUT2D eigenvalue weighted by Gasteiger charge is -2.11. The van der Waals surface area contributed by atoms with E-state index in [2.05, 4.69) is 5.32 Å². The lowest BCUT2D eigenvalue weighted by Crippen LogP contribution is -2.30. The number of ether oxygens (including phenoxy) is 4. The summed E-state index contributed by atoms with van der Waals surface area (Å²) in [6, 6.07) is 9.64. The Morgan fingerprint density at radius 2 is 1.79 bits per heavy atom. The van der Waals surface area contributed by atoms with E-state index in [1.165, 1.54) is 14.0 Å². The zero-order valence-corrected chi connectivity index (χ0v) is 15.4. The second-order valence-corrected chi connectivity index (χ2v) is 5.99. The molecule has 0 saturated carbocycles. The maximum absolute atomic E-state index is 12.2. The van der Waals surface area contributed by atoms with Crippen molar-refractivity contribution in [3.8, 4) is 17.2 Å². The quantitative estimate of drug-likeness (QED) is 0.575. The van der Waals surface area contributed by atoms with Gasteiger partial charge < -0.3 is 24.3 Å². The molecule has 0 atom stereocenters. The van der Waals surface area contributed by atoms with Gasteiger partial charge in [0.2, 0.25) is 6.79 Å². The summed E-state index contributed by atoms with van der Waals surface area (Å²) in [4.78, 5) is 35.6. The van der Waals surface area contributed by atoms with Gasteiger partial charge in [-0.1, -0.05) is 0 Å². The molecule has 0 spiro atoms. The molecule has 2 aromatic rings. The number of Topliss-reactive ketones (excluding diaryl/α,β-unsaturated/α-hetero) is 1. The number of benzene rings is 2. The molecule has 8 nitrogen and oxygen atoms in total. The number of rotatable bonds is 7. The SMILES string of the molecule is COc1ccc(C(C)=O)cc1COC(=O)CNC(=O)c1ccc2c(c1)OCO2. The van der Waals surface area contributed by atoms with Crippen LogP contribution in [0, 0.1) is 0 Å². The van der Waals surface area contributed by atoms with Crippen molar-refractivity contribution in [2.75, 3.05) is 20.4 Å². The van der Waals surface area contributed by atoms with Crippen molar-refractivity contribution in [1.82, 2.24) is 5.32 Å². The van der Waals surface area contributed by atoms with Gasteiger partial charge in [-0.2, -0.15) is 0 Å². The molecule has 1 heterocycles. The molecule has 1 aliphatic heterocycles. The van der Waals surface area contributed by atoms with E-state index in [1.54, 1.807) is 36.4 Å². The summed E-state index contributed by atoms with van der Waals surface area (Å²) >= 11 is 0. The molecular formula is C20H19NO7. The van der Waals surface area contributed by atoms with Crippen molar-refractivity contribution in [2.24, 2.45) is 0 Å². The molecule has 0 fully saturated rings. The second-order valence-electron chi connectivity index (χ2n) is 5.99. The summed E-state index contributed by atoms with van der Waals surface area (Å²) in [6.45, 7) is 1.18. The van der Waals surface area contributed by atoms with Crippen LogP contribution in [0.25, 0.3) is 0 Å². The highest BCUT2D eigenvalue weighted by atomic mass is 16.7. The third-order valence-electron chi connectivity index (χ3n) is 4.10. The van der Waals surface area contributed by atoms with Gasteiger partial charge in [0.25, 0.3) is 5.91 Å². The van der Waals surface area contributed by atoms with Crippen LogP contribution in [0.15, 0.2) is 36.4 Å². The van der Waals surface area contributed by atoms with Crippen molar-refractivity contribution >= 4 is 17.7 Å². The topological polar surface area (TPSA) is 100 Å². The molecule has 28 heavy (non-hydrogen) atoms. The number of amides is 1. The number of hydrogen-bond donors (Lipinski definition) is 1. The molecule has 3 rings (SSSR count). The van der Waals surface area contributed by atoms with Gasteiger partial charge in [-0.05, 0) is 43.3 Å². The minimum absolute atomic E-state index is 0.0803. The zero-order valence-electron chi connectivity index (χ0n) is 15.4. The predicted molar refractivity (Wildman–Crippen MR) is 97.7 cm³/mol. The molecule has 2 aromatic carbocycles. The number of carbonyl (C=O) groups excluding carboxylic acids is 3. The van der Waals surface area contributed by atoms with E-state index in [4.69, 9.17) is 18.9 Å². The Morgan fingerprint density at radius 3 is 2.54 bits per heavy atom. The van der Waals surface area contributed by atoms with Crippen LogP contribution in [-0.4, -0.2) is 38.1 Å². The van der Waals surface area contributed by atoms with Crippen molar-refractivity contribution in [2.45, 2.75) is 13.5 Å². The first-order valence-electron chi connectivity index (χ1n) is 8.49. The molecule has 1 aliphatic rings. The fourth-order valence-electron chi connectivity index (χ4n) is 2.61. The normalized spacial score (nSPS) is 11.6. The van der Waals surface area contributed by atoms with Crippen LogP contribution < -0.4 is 19.5 Å². The maximum Gasteiger partial charge on any atom is 0.325 e. The van der Waals surface area contributed by atoms with Crippen LogP contribution in [0.2, 0.25) is 0 Å². The Hall–Kier alpha value is -3.55. The summed E-state index contributed by atoms with van der Waals surface area (Å²) in [6.07, 6.45) is 0. The van der Waals surface area contributed by atoms with Crippen LogP contribution in [0.1, 0.15) is 33.2 Å². The van der Waals surface area contributed by atoms with Crippen LogP contribution in [0.4, 0.5) is 0 Å². The van der Waals surface area contributed by atoms with Crippen molar-refractivity contribution in [3.05, 3.63) is 53.1 Å². The lowest BCUT2D eigenvalue weighted by atomic mass is 10.1. The molecule has 0 saturated heterocycles. The van der Waals surface area contributed by atoms with Gasteiger partial charge >= 0.3 is 5.97 Å². The molecule has 0 aromatic heterocycles. The van der Waals surface area contributed by atoms with Crippen LogP contribution in [-0.2, 0) is 16.1 Å². The average molecular weight is 385 g/mol. The Bertz CT molecular complexity index is 923. The average Bonchev–Trinajstić information content (AvgIpc) is 3.17. The predicted octanol–water partition coefficient (Wildman–Crippen LogP) is 2.10. The third kappa shape index (κ3) is 4.40. The Kier molecular flexibility index (Phi) is 5.78. The van der Waals surface area contributed by atoms with E-state index in [0.29, 0.717) is 33.9 Å². The minimum Gasteiger partial charge on any atom is -0.496 e. The van der Waals surface area contributed by atoms with Gasteiger partial charge in [0.15, 0.2) is 17.3 Å². The maximum atomic E-state index is 12.2. The fourth-order valence-corrected chi connectivity index (χ4v) is 2.61. The van der Waals surface area contributed by atoms with E-state index in [0.717, 1.165) is 0 Å². The molecular weight excluding hydrogens is 366 g/mol. The number of nitrogens with one attached hydrogen (secondary N) is 1. The summed E-state index contributed by atoms with van der Waals surface area (Å²) < 4.78 is 20.8. The molecule has 0 aliphatic carbocycles. The molecule has 0 radical (unpaired) electrons. The monoisotopic (exact) mass is 385 g/mol. The Labute approximate surface area is 161 Å². The molecule has 8 heteroatoms. The van der Waals surface area contributed by atoms with Gasteiger partial charge in [-0.3, -0.25) is 14.4 Å². The largest absolute Gasteiger partial charge is 0.496 e. The first kappa shape index (κ1) is 19.2. The van der Waals surface area contributed by atoms with Gasteiger partial charge in [0, 0.05) is 16.7 Å². The standard InChI is InChI=1S/C20H19NO7/c1-12(22)13-3-5-16(25-2)15(7-13)10-26-19(23)9-21-20(24)14-4-6-17-18(8-14)28-11-27-17/h3-8H,9-11H2,1-2H3,(H,21,24). The van der Waals surface area contributed by atoms with Crippen molar-refractivity contribution < 1.29 is 33.3 Å². The smallest absolute Gasteiger partial charge is 0.325 e. The van der Waals surface area contributed by atoms with Gasteiger partial charge in [0.1, 0.15) is 18.9 Å². The van der Waals surface area contributed by atoms with Crippen LogP contribution in [0.3, 0.4) is 0 Å². The summed E-state index contributed by atoms with van der Waals surface area (Å²) in [5.41, 5.74) is 1.39. The molecule has 0 unspecified atom stereocenters. The third-order valence-corrected chi connectivity index (χ3v) is 4.10. The number of esters is 1. The summed E-state index contributed by atoms with van der Waals surface area (Å²) in [5.74, 6) is 0.384. The molecule has 0 bridgehead atoms. The highest BCUT2D eigenvalue weighted by Crippen LogP contribution is 2.32. The number of ketones is 1. The first-order valence-corrected chi connectivity index (χ1v) is 8.49. The van der Waals surface area contributed by atoms with Crippen molar-refractivity contribution in [3.63, 3.8) is 0 Å². The van der Waals surface area contributed by atoms with E-state index in [1.807, 2.05) is 0 Å². The fraction of sp³-hybridized carbons (Fsp3) is 0.250. The minimum atomic E-state index is -0.621. The number of methoxy groups -OCH3 is 1. The first-order chi connectivity index (χ1) is 13.5. The van der Waals surface area contributed by atoms with E-state index in [-0.39, 0.29) is 25.7 Å². The number of fused-ring (bicyclic) bond motifs is 1. The van der Waals surface area contributed by atoms with Gasteiger partial charge in [-0.25, -0.2) is 0 Å². The zero-order chi connectivity index (χ0) is 20.1. The van der Waals surface area contributed by atoms with Gasteiger partial charge in [0.05, 0.1) is 7.11 Å². The summed E-state index contributed by atoms with van der Waals surface area (Å²) in [7, 11) is 1.49.